The summed E-state index contributed by atoms with van der Waals surface area (Å²) in [7, 11) is 1.63. The molecule has 31 heavy (non-hydrogen) atoms. The van der Waals surface area contributed by atoms with Gasteiger partial charge in [0.25, 0.3) is 5.91 Å². The highest BCUT2D eigenvalue weighted by Gasteiger charge is 2.16. The zero-order valence-electron chi connectivity index (χ0n) is 17.0. The van der Waals surface area contributed by atoms with Gasteiger partial charge in [-0.1, -0.05) is 35.6 Å². The minimum Gasteiger partial charge on any atom is -0.497 e. The van der Waals surface area contributed by atoms with Crippen LogP contribution >= 0.6 is 11.3 Å². The number of carbonyl (C=O) groups excluding carboxylic acids is 1. The fourth-order valence-electron chi connectivity index (χ4n) is 3.53. The Bertz CT molecular complexity index is 1420. The molecule has 0 aliphatic rings. The van der Waals surface area contributed by atoms with Gasteiger partial charge in [0.15, 0.2) is 5.13 Å². The van der Waals surface area contributed by atoms with Crippen molar-refractivity contribution in [2.75, 3.05) is 12.4 Å². The second-order valence-electron chi connectivity index (χ2n) is 7.25. The van der Waals surface area contributed by atoms with E-state index in [4.69, 9.17) is 9.72 Å². The number of carbonyl (C=O) groups is 1. The molecule has 0 unspecified atom stereocenters. The van der Waals surface area contributed by atoms with Gasteiger partial charge in [0.2, 0.25) is 0 Å². The quantitative estimate of drug-likeness (QED) is 0.379. The van der Waals surface area contributed by atoms with E-state index in [1.165, 1.54) is 11.3 Å². The molecule has 6 heteroatoms. The summed E-state index contributed by atoms with van der Waals surface area (Å²) in [5.41, 5.74) is 4.99. The lowest BCUT2D eigenvalue weighted by molar-refractivity contribution is 0.102. The summed E-state index contributed by atoms with van der Waals surface area (Å²) in [6.45, 7) is 2.03. The minimum atomic E-state index is -0.205. The van der Waals surface area contributed by atoms with Gasteiger partial charge in [0.05, 0.1) is 34.1 Å². The monoisotopic (exact) mass is 425 g/mol. The molecule has 0 spiro atoms. The second kappa shape index (κ2) is 7.81. The first-order valence-electron chi connectivity index (χ1n) is 9.83. The largest absolute Gasteiger partial charge is 0.497 e. The maximum Gasteiger partial charge on any atom is 0.258 e. The molecule has 3 aromatic carbocycles. The van der Waals surface area contributed by atoms with Crippen LogP contribution in [0.2, 0.25) is 0 Å². The van der Waals surface area contributed by atoms with Crippen LogP contribution in [0.25, 0.3) is 32.4 Å². The van der Waals surface area contributed by atoms with Gasteiger partial charge in [-0.3, -0.25) is 10.1 Å². The number of hydrogen-bond acceptors (Lipinski definition) is 5. The predicted molar refractivity (Wildman–Crippen MR) is 126 cm³/mol. The van der Waals surface area contributed by atoms with Gasteiger partial charge in [-0.25, -0.2) is 9.97 Å². The van der Waals surface area contributed by atoms with Gasteiger partial charge < -0.3 is 4.74 Å². The number of nitrogens with one attached hydrogen (secondary N) is 1. The van der Waals surface area contributed by atoms with Crippen molar-refractivity contribution in [1.82, 2.24) is 9.97 Å². The molecule has 0 bridgehead atoms. The lowest BCUT2D eigenvalue weighted by Crippen LogP contribution is -2.13. The summed E-state index contributed by atoms with van der Waals surface area (Å²) in [6.07, 6.45) is 0. The molecule has 5 aromatic rings. The Morgan fingerprint density at radius 3 is 2.55 bits per heavy atom. The molecule has 5 rings (SSSR count). The smallest absolute Gasteiger partial charge is 0.258 e. The van der Waals surface area contributed by atoms with Crippen molar-refractivity contribution < 1.29 is 9.53 Å². The summed E-state index contributed by atoms with van der Waals surface area (Å²) >= 11 is 1.47. The number of methoxy groups -OCH3 is 1. The van der Waals surface area contributed by atoms with Crippen molar-refractivity contribution in [3.63, 3.8) is 0 Å². The third-order valence-electron chi connectivity index (χ3n) is 5.11. The average molecular weight is 426 g/mol. The number of aromatic nitrogens is 2. The van der Waals surface area contributed by atoms with Gasteiger partial charge >= 0.3 is 0 Å². The van der Waals surface area contributed by atoms with E-state index in [0.717, 1.165) is 43.7 Å². The van der Waals surface area contributed by atoms with E-state index in [2.05, 4.69) is 10.3 Å². The molecule has 0 aliphatic heterocycles. The zero-order chi connectivity index (χ0) is 21.4. The number of aryl methyl sites for hydroxylation is 1. The van der Waals surface area contributed by atoms with Crippen molar-refractivity contribution in [3.8, 4) is 17.0 Å². The number of nitrogens with zero attached hydrogens (tertiary/aromatic N) is 2. The standard InChI is InChI=1S/C25H19N3O2S/c1-15-7-12-23-22(13-15)27-25(31-23)28-24(29)19-14-21(16-8-10-17(30-2)11-9-16)26-20-6-4-3-5-18(19)20/h3-14H,1-2H3,(H,27,28,29). The van der Waals surface area contributed by atoms with E-state index in [0.29, 0.717) is 10.7 Å². The van der Waals surface area contributed by atoms with Crippen molar-refractivity contribution in [2.45, 2.75) is 6.92 Å². The Morgan fingerprint density at radius 1 is 0.935 bits per heavy atom. The molecular weight excluding hydrogens is 406 g/mol. The van der Waals surface area contributed by atoms with Crippen LogP contribution in [-0.4, -0.2) is 23.0 Å². The Balaban J connectivity index is 1.55. The van der Waals surface area contributed by atoms with E-state index in [1.807, 2.05) is 79.7 Å². The van der Waals surface area contributed by atoms with Crippen molar-refractivity contribution in [1.29, 1.82) is 0 Å². The van der Waals surface area contributed by atoms with Gasteiger partial charge in [0.1, 0.15) is 5.75 Å². The summed E-state index contributed by atoms with van der Waals surface area (Å²) in [5.74, 6) is 0.567. The molecule has 0 atom stereocenters. The van der Waals surface area contributed by atoms with E-state index in [9.17, 15) is 4.79 Å². The predicted octanol–water partition coefficient (Wildman–Crippen LogP) is 6.08. The Hall–Kier alpha value is -3.77. The van der Waals surface area contributed by atoms with Crippen LogP contribution in [0.5, 0.6) is 5.75 Å². The number of anilines is 1. The lowest BCUT2D eigenvalue weighted by atomic mass is 10.0. The van der Waals surface area contributed by atoms with Crippen molar-refractivity contribution in [2.24, 2.45) is 0 Å². The first-order valence-corrected chi connectivity index (χ1v) is 10.6. The number of thiazole rings is 1. The number of hydrogen-bond donors (Lipinski definition) is 1. The molecule has 0 radical (unpaired) electrons. The first-order chi connectivity index (χ1) is 15.1. The maximum absolute atomic E-state index is 13.3. The van der Waals surface area contributed by atoms with Crippen molar-refractivity contribution in [3.05, 3.63) is 83.9 Å². The molecule has 0 fully saturated rings. The fourth-order valence-corrected chi connectivity index (χ4v) is 4.37. The molecule has 152 valence electrons. The van der Waals surface area contributed by atoms with Crippen LogP contribution in [-0.2, 0) is 0 Å². The third-order valence-corrected chi connectivity index (χ3v) is 6.06. The van der Waals surface area contributed by atoms with Crippen LogP contribution in [0.4, 0.5) is 5.13 Å². The SMILES string of the molecule is COc1ccc(-c2cc(C(=O)Nc3nc4cc(C)ccc4s3)c3ccccc3n2)cc1. The molecule has 1 N–H and O–H groups in total. The number of ether oxygens (including phenoxy) is 1. The van der Waals surface area contributed by atoms with E-state index in [1.54, 1.807) is 7.11 Å². The first kappa shape index (κ1) is 19.2. The fraction of sp³-hybridized carbons (Fsp3) is 0.0800. The highest BCUT2D eigenvalue weighted by molar-refractivity contribution is 7.22. The molecule has 0 aliphatic carbocycles. The van der Waals surface area contributed by atoms with Crippen LogP contribution in [0, 0.1) is 6.92 Å². The lowest BCUT2D eigenvalue weighted by Gasteiger charge is -2.10. The number of pyridine rings is 1. The van der Waals surface area contributed by atoms with Crippen molar-refractivity contribution >= 4 is 43.5 Å². The number of benzene rings is 3. The number of amides is 1. The normalized spacial score (nSPS) is 11.0. The van der Waals surface area contributed by atoms with Crippen LogP contribution < -0.4 is 10.1 Å². The van der Waals surface area contributed by atoms with Gasteiger partial charge in [-0.2, -0.15) is 0 Å². The van der Waals surface area contributed by atoms with E-state index >= 15 is 0 Å². The summed E-state index contributed by atoms with van der Waals surface area (Å²) < 4.78 is 6.29. The van der Waals surface area contributed by atoms with Crippen LogP contribution in [0.1, 0.15) is 15.9 Å². The molecule has 2 heterocycles. The Morgan fingerprint density at radius 2 is 1.74 bits per heavy atom. The molecule has 0 saturated carbocycles. The topological polar surface area (TPSA) is 64.1 Å². The number of rotatable bonds is 4. The Kier molecular flexibility index (Phi) is 4.84. The highest BCUT2D eigenvalue weighted by atomic mass is 32.1. The summed E-state index contributed by atoms with van der Waals surface area (Å²) in [4.78, 5) is 22.6. The molecule has 5 nitrogen and oxygen atoms in total. The van der Waals surface area contributed by atoms with E-state index in [-0.39, 0.29) is 5.91 Å². The van der Waals surface area contributed by atoms with Gasteiger partial charge in [0, 0.05) is 10.9 Å². The molecule has 0 saturated heterocycles. The van der Waals surface area contributed by atoms with Gasteiger partial charge in [-0.15, -0.1) is 0 Å². The number of fused-ring (bicyclic) bond motifs is 2. The minimum absolute atomic E-state index is 0.205. The Labute approximate surface area is 183 Å². The second-order valence-corrected chi connectivity index (χ2v) is 8.28. The molecule has 1 amide bonds. The average Bonchev–Trinajstić information content (AvgIpc) is 3.19. The molecular formula is C25H19N3O2S. The van der Waals surface area contributed by atoms with Crippen LogP contribution in [0.3, 0.4) is 0 Å². The summed E-state index contributed by atoms with van der Waals surface area (Å²) in [5, 5.41) is 4.36. The summed E-state index contributed by atoms with van der Waals surface area (Å²) in [6, 6.07) is 23.2. The number of para-hydroxylation sites is 1. The third kappa shape index (κ3) is 3.73. The van der Waals surface area contributed by atoms with Gasteiger partial charge in [-0.05, 0) is 61.0 Å². The van der Waals surface area contributed by atoms with E-state index < -0.39 is 0 Å². The zero-order valence-corrected chi connectivity index (χ0v) is 17.9. The van der Waals surface area contributed by atoms with Crippen LogP contribution in [0.15, 0.2) is 72.8 Å². The highest BCUT2D eigenvalue weighted by Crippen LogP contribution is 2.29. The molecule has 2 aromatic heterocycles. The maximum atomic E-state index is 13.3.